The van der Waals surface area contributed by atoms with E-state index >= 15 is 0 Å². The zero-order chi connectivity index (χ0) is 16.8. The second kappa shape index (κ2) is 7.92. The molecule has 0 radical (unpaired) electrons. The number of carbonyl (C=O) groups excluding carboxylic acids is 1. The van der Waals surface area contributed by atoms with Crippen LogP contribution in [0.1, 0.15) is 24.2 Å². The number of hydrogen-bond acceptors (Lipinski definition) is 5. The first kappa shape index (κ1) is 17.2. The first-order chi connectivity index (χ1) is 11.1. The Morgan fingerprint density at radius 2 is 2.04 bits per heavy atom. The minimum atomic E-state index is -0.326. The summed E-state index contributed by atoms with van der Waals surface area (Å²) in [5.41, 5.74) is 2.09. The van der Waals surface area contributed by atoms with Gasteiger partial charge in [0.1, 0.15) is 4.60 Å². The molecule has 0 bridgehead atoms. The molecule has 6 nitrogen and oxygen atoms in total. The molecule has 2 aromatic rings. The highest BCUT2D eigenvalue weighted by atomic mass is 79.9. The standard InChI is InChI=1S/C16H19BrN4O2/c1-4-21-10-13(17)20-14(15(21)18-3)19-12-8-6-11(7-9-12)16(22)23-5-2/h6-10H,4-5H2,1-3H3,(H,19,20). The smallest absolute Gasteiger partial charge is 0.338 e. The fraction of sp³-hybridized carbons (Fsp3) is 0.312. The Hall–Kier alpha value is -2.15. The predicted molar refractivity (Wildman–Crippen MR) is 92.8 cm³/mol. The minimum Gasteiger partial charge on any atom is -0.462 e. The normalized spacial score (nSPS) is 11.4. The van der Waals surface area contributed by atoms with Crippen LogP contribution in [-0.2, 0) is 11.3 Å². The molecule has 0 fully saturated rings. The van der Waals surface area contributed by atoms with Crippen molar-refractivity contribution >= 4 is 33.4 Å². The van der Waals surface area contributed by atoms with E-state index in [-0.39, 0.29) is 5.97 Å². The molecule has 0 amide bonds. The molecule has 122 valence electrons. The maximum Gasteiger partial charge on any atom is 0.338 e. The summed E-state index contributed by atoms with van der Waals surface area (Å²) in [5, 5.41) is 3.23. The van der Waals surface area contributed by atoms with Crippen LogP contribution >= 0.6 is 15.9 Å². The molecular weight excluding hydrogens is 360 g/mol. The molecule has 0 aliphatic carbocycles. The topological polar surface area (TPSA) is 68.5 Å². The van der Waals surface area contributed by atoms with Crippen molar-refractivity contribution in [1.29, 1.82) is 0 Å². The average molecular weight is 379 g/mol. The Bertz CT molecular complexity index is 754. The summed E-state index contributed by atoms with van der Waals surface area (Å²) in [5.74, 6) is 0.320. The van der Waals surface area contributed by atoms with E-state index in [0.29, 0.717) is 18.0 Å². The first-order valence-corrected chi connectivity index (χ1v) is 8.12. The monoisotopic (exact) mass is 378 g/mol. The van der Waals surface area contributed by atoms with Crippen molar-refractivity contribution in [2.24, 2.45) is 4.99 Å². The van der Waals surface area contributed by atoms with Gasteiger partial charge < -0.3 is 14.6 Å². The van der Waals surface area contributed by atoms with Gasteiger partial charge in [0, 0.05) is 25.5 Å². The lowest BCUT2D eigenvalue weighted by molar-refractivity contribution is 0.0526. The number of anilines is 2. The molecule has 0 saturated heterocycles. The number of aromatic nitrogens is 2. The lowest BCUT2D eigenvalue weighted by atomic mass is 10.2. The molecule has 1 N–H and O–H groups in total. The van der Waals surface area contributed by atoms with E-state index in [4.69, 9.17) is 4.74 Å². The van der Waals surface area contributed by atoms with Gasteiger partial charge in [0.25, 0.3) is 0 Å². The number of rotatable bonds is 5. The van der Waals surface area contributed by atoms with E-state index in [1.165, 1.54) is 0 Å². The van der Waals surface area contributed by atoms with Crippen molar-refractivity contribution in [3.8, 4) is 0 Å². The molecule has 0 aliphatic rings. The van der Waals surface area contributed by atoms with E-state index in [2.05, 4.69) is 31.2 Å². The van der Waals surface area contributed by atoms with Crippen LogP contribution in [0.3, 0.4) is 0 Å². The Morgan fingerprint density at radius 3 is 2.61 bits per heavy atom. The van der Waals surface area contributed by atoms with Gasteiger partial charge in [-0.15, -0.1) is 0 Å². The van der Waals surface area contributed by atoms with E-state index in [1.807, 2.05) is 29.8 Å². The molecule has 0 atom stereocenters. The number of halogens is 1. The fourth-order valence-electron chi connectivity index (χ4n) is 2.11. The maximum atomic E-state index is 11.7. The molecular formula is C16H19BrN4O2. The predicted octanol–water partition coefficient (Wildman–Crippen LogP) is 3.12. The maximum absolute atomic E-state index is 11.7. The number of carbonyl (C=O) groups is 1. The summed E-state index contributed by atoms with van der Waals surface area (Å²) in [6, 6.07) is 7.05. The Morgan fingerprint density at radius 1 is 1.35 bits per heavy atom. The molecule has 2 rings (SSSR count). The number of esters is 1. The fourth-order valence-corrected chi connectivity index (χ4v) is 2.54. The van der Waals surface area contributed by atoms with Gasteiger partial charge >= 0.3 is 5.97 Å². The lowest BCUT2D eigenvalue weighted by Crippen LogP contribution is -2.24. The van der Waals surface area contributed by atoms with E-state index in [0.717, 1.165) is 22.3 Å². The highest BCUT2D eigenvalue weighted by Crippen LogP contribution is 2.15. The number of ether oxygens (including phenoxy) is 1. The van der Waals surface area contributed by atoms with Crippen LogP contribution in [0.5, 0.6) is 0 Å². The summed E-state index contributed by atoms with van der Waals surface area (Å²) >= 11 is 3.40. The molecule has 0 unspecified atom stereocenters. The lowest BCUT2D eigenvalue weighted by Gasteiger charge is -2.11. The van der Waals surface area contributed by atoms with Gasteiger partial charge in [0.2, 0.25) is 0 Å². The molecule has 23 heavy (non-hydrogen) atoms. The first-order valence-electron chi connectivity index (χ1n) is 7.33. The molecule has 1 heterocycles. The van der Waals surface area contributed by atoms with Gasteiger partial charge in [-0.05, 0) is 54.0 Å². The van der Waals surface area contributed by atoms with Gasteiger partial charge in [0.15, 0.2) is 11.3 Å². The number of nitrogens with one attached hydrogen (secondary N) is 1. The van der Waals surface area contributed by atoms with Crippen molar-refractivity contribution in [3.63, 3.8) is 0 Å². The van der Waals surface area contributed by atoms with Gasteiger partial charge in [-0.2, -0.15) is 0 Å². The van der Waals surface area contributed by atoms with Gasteiger partial charge in [-0.1, -0.05) is 0 Å². The largest absolute Gasteiger partial charge is 0.462 e. The quantitative estimate of drug-likeness (QED) is 0.811. The van der Waals surface area contributed by atoms with Crippen LogP contribution in [0.2, 0.25) is 0 Å². The molecule has 7 heteroatoms. The number of aryl methyl sites for hydroxylation is 1. The second-order valence-corrected chi connectivity index (χ2v) is 5.48. The summed E-state index contributed by atoms with van der Waals surface area (Å²) in [6.45, 7) is 4.97. The average Bonchev–Trinajstić information content (AvgIpc) is 2.55. The number of nitrogens with zero attached hydrogens (tertiary/aromatic N) is 3. The van der Waals surface area contributed by atoms with Gasteiger partial charge in [-0.3, -0.25) is 4.99 Å². The van der Waals surface area contributed by atoms with Crippen LogP contribution in [0, 0.1) is 0 Å². The number of benzene rings is 1. The summed E-state index contributed by atoms with van der Waals surface area (Å²) in [7, 11) is 1.73. The van der Waals surface area contributed by atoms with Crippen molar-refractivity contribution in [3.05, 3.63) is 46.1 Å². The highest BCUT2D eigenvalue weighted by molar-refractivity contribution is 9.10. The zero-order valence-corrected chi connectivity index (χ0v) is 14.9. The number of hydrogen-bond donors (Lipinski definition) is 1. The van der Waals surface area contributed by atoms with Crippen LogP contribution in [0.15, 0.2) is 40.1 Å². The Balaban J connectivity index is 2.29. The van der Waals surface area contributed by atoms with Crippen LogP contribution in [0.4, 0.5) is 11.5 Å². The third kappa shape index (κ3) is 4.19. The highest BCUT2D eigenvalue weighted by Gasteiger charge is 2.08. The summed E-state index contributed by atoms with van der Waals surface area (Å²) < 4.78 is 7.68. The van der Waals surface area contributed by atoms with Crippen molar-refractivity contribution in [2.45, 2.75) is 20.4 Å². The van der Waals surface area contributed by atoms with E-state index in [1.54, 1.807) is 26.1 Å². The minimum absolute atomic E-state index is 0.326. The molecule has 0 aliphatic heterocycles. The summed E-state index contributed by atoms with van der Waals surface area (Å²) in [6.07, 6.45) is 1.89. The van der Waals surface area contributed by atoms with Crippen LogP contribution in [0.25, 0.3) is 0 Å². The van der Waals surface area contributed by atoms with Crippen molar-refractivity contribution in [2.75, 3.05) is 19.0 Å². The molecule has 0 saturated carbocycles. The third-order valence-electron chi connectivity index (χ3n) is 3.18. The van der Waals surface area contributed by atoms with Gasteiger partial charge in [0.05, 0.1) is 12.2 Å². The Kier molecular flexibility index (Phi) is 5.92. The molecule has 0 spiro atoms. The van der Waals surface area contributed by atoms with Crippen molar-refractivity contribution in [1.82, 2.24) is 9.55 Å². The Labute approximate surface area is 143 Å². The van der Waals surface area contributed by atoms with Crippen LogP contribution < -0.4 is 10.8 Å². The van der Waals surface area contributed by atoms with Crippen LogP contribution in [-0.4, -0.2) is 29.2 Å². The van der Waals surface area contributed by atoms with E-state index < -0.39 is 0 Å². The van der Waals surface area contributed by atoms with Gasteiger partial charge in [-0.25, -0.2) is 9.78 Å². The zero-order valence-electron chi connectivity index (χ0n) is 13.3. The van der Waals surface area contributed by atoms with Crippen molar-refractivity contribution < 1.29 is 9.53 Å². The summed E-state index contributed by atoms with van der Waals surface area (Å²) in [4.78, 5) is 20.4. The third-order valence-corrected chi connectivity index (χ3v) is 3.56. The SMILES string of the molecule is CCOC(=O)c1ccc(Nc2nc(Br)cn(CC)c2=NC)cc1. The van der Waals surface area contributed by atoms with E-state index in [9.17, 15) is 4.79 Å². The molecule has 1 aromatic carbocycles. The second-order valence-electron chi connectivity index (χ2n) is 4.67. The molecule has 1 aromatic heterocycles.